The van der Waals surface area contributed by atoms with E-state index in [0.717, 1.165) is 23.9 Å². The van der Waals surface area contributed by atoms with Crippen LogP contribution >= 0.6 is 0 Å². The van der Waals surface area contributed by atoms with Crippen molar-refractivity contribution in [2.75, 3.05) is 5.32 Å². The van der Waals surface area contributed by atoms with Gasteiger partial charge in [-0.3, -0.25) is 4.68 Å². The summed E-state index contributed by atoms with van der Waals surface area (Å²) < 4.78 is 4.09. The molecule has 0 saturated heterocycles. The molecule has 0 aliphatic carbocycles. The van der Waals surface area contributed by atoms with Crippen LogP contribution in [0, 0.1) is 20.8 Å². The first-order chi connectivity index (χ1) is 8.88. The van der Waals surface area contributed by atoms with Crippen molar-refractivity contribution < 1.29 is 0 Å². The Balaban J connectivity index is 2.32. The molecule has 0 bridgehead atoms. The highest BCUT2D eigenvalue weighted by atomic mass is 15.3. The third-order valence-electron chi connectivity index (χ3n) is 3.30. The van der Waals surface area contributed by atoms with E-state index in [2.05, 4.69) is 53.9 Å². The van der Waals surface area contributed by atoms with Gasteiger partial charge in [-0.1, -0.05) is 0 Å². The molecule has 2 rings (SSSR count). The SMILES string of the molecule is Cc1cn(Cc2c(C)nn(C)c2C)c(NC(C)C)n1. The molecule has 0 spiro atoms. The Morgan fingerprint density at radius 3 is 2.47 bits per heavy atom. The lowest BCUT2D eigenvalue weighted by molar-refractivity contribution is 0.726. The third kappa shape index (κ3) is 2.80. The average molecular weight is 261 g/mol. The lowest BCUT2D eigenvalue weighted by Crippen LogP contribution is -2.15. The molecule has 0 aliphatic heterocycles. The lowest BCUT2D eigenvalue weighted by Gasteiger charge is -2.12. The molecule has 0 saturated carbocycles. The van der Waals surface area contributed by atoms with Crippen LogP contribution in [-0.4, -0.2) is 25.4 Å². The molecule has 0 unspecified atom stereocenters. The number of anilines is 1. The number of aryl methyl sites for hydroxylation is 3. The molecular formula is C14H23N5. The van der Waals surface area contributed by atoms with Crippen LogP contribution in [0.1, 0.15) is 36.5 Å². The normalized spacial score (nSPS) is 11.3. The number of imidazole rings is 1. The molecule has 2 aromatic rings. The van der Waals surface area contributed by atoms with Crippen LogP contribution in [0.2, 0.25) is 0 Å². The van der Waals surface area contributed by atoms with E-state index >= 15 is 0 Å². The van der Waals surface area contributed by atoms with Crippen LogP contribution in [0.4, 0.5) is 5.95 Å². The van der Waals surface area contributed by atoms with E-state index in [1.54, 1.807) is 0 Å². The van der Waals surface area contributed by atoms with Gasteiger partial charge < -0.3 is 9.88 Å². The standard InChI is InChI=1S/C14H23N5/c1-9(2)15-14-16-10(3)7-19(14)8-13-11(4)17-18(6)12(13)5/h7,9H,8H2,1-6H3,(H,15,16). The topological polar surface area (TPSA) is 47.7 Å². The predicted octanol–water partition coefficient (Wildman–Crippen LogP) is 2.41. The van der Waals surface area contributed by atoms with Crippen molar-refractivity contribution in [2.45, 2.75) is 47.2 Å². The van der Waals surface area contributed by atoms with E-state index in [1.165, 1.54) is 11.3 Å². The van der Waals surface area contributed by atoms with E-state index in [9.17, 15) is 0 Å². The van der Waals surface area contributed by atoms with Crippen LogP contribution in [0.3, 0.4) is 0 Å². The zero-order chi connectivity index (χ0) is 14.2. The number of rotatable bonds is 4. The highest BCUT2D eigenvalue weighted by Crippen LogP contribution is 2.17. The van der Waals surface area contributed by atoms with Gasteiger partial charge in [0.2, 0.25) is 5.95 Å². The average Bonchev–Trinajstić information content (AvgIpc) is 2.74. The summed E-state index contributed by atoms with van der Waals surface area (Å²) in [5.74, 6) is 0.926. The van der Waals surface area contributed by atoms with E-state index in [0.29, 0.717) is 6.04 Å². The zero-order valence-corrected chi connectivity index (χ0v) is 12.7. The van der Waals surface area contributed by atoms with Gasteiger partial charge in [0.25, 0.3) is 0 Å². The fourth-order valence-electron chi connectivity index (χ4n) is 2.26. The second kappa shape index (κ2) is 5.07. The van der Waals surface area contributed by atoms with E-state index in [4.69, 9.17) is 0 Å². The fraction of sp³-hybridized carbons (Fsp3) is 0.571. The highest BCUT2D eigenvalue weighted by Gasteiger charge is 2.13. The Morgan fingerprint density at radius 2 is 1.95 bits per heavy atom. The molecule has 2 aromatic heterocycles. The zero-order valence-electron chi connectivity index (χ0n) is 12.7. The van der Waals surface area contributed by atoms with Crippen LogP contribution in [0.25, 0.3) is 0 Å². The predicted molar refractivity (Wildman–Crippen MR) is 77.5 cm³/mol. The Kier molecular flexibility index (Phi) is 3.64. The second-order valence-electron chi connectivity index (χ2n) is 5.41. The van der Waals surface area contributed by atoms with Crippen LogP contribution in [0.15, 0.2) is 6.20 Å². The molecule has 1 N–H and O–H groups in total. The van der Waals surface area contributed by atoms with Crippen molar-refractivity contribution in [3.63, 3.8) is 0 Å². The van der Waals surface area contributed by atoms with Gasteiger partial charge in [0, 0.05) is 30.5 Å². The van der Waals surface area contributed by atoms with E-state index in [1.807, 2.05) is 18.7 Å². The Morgan fingerprint density at radius 1 is 1.26 bits per heavy atom. The first-order valence-corrected chi connectivity index (χ1v) is 6.68. The van der Waals surface area contributed by atoms with Crippen molar-refractivity contribution in [1.82, 2.24) is 19.3 Å². The number of aromatic nitrogens is 4. The quantitative estimate of drug-likeness (QED) is 0.919. The molecule has 0 atom stereocenters. The van der Waals surface area contributed by atoms with Crippen molar-refractivity contribution in [3.8, 4) is 0 Å². The first kappa shape index (κ1) is 13.6. The van der Waals surface area contributed by atoms with Crippen molar-refractivity contribution in [2.24, 2.45) is 7.05 Å². The Hall–Kier alpha value is -1.78. The molecule has 104 valence electrons. The van der Waals surface area contributed by atoms with Gasteiger partial charge in [-0.05, 0) is 34.6 Å². The van der Waals surface area contributed by atoms with Crippen LogP contribution in [-0.2, 0) is 13.6 Å². The minimum absolute atomic E-state index is 0.372. The molecule has 0 fully saturated rings. The summed E-state index contributed by atoms with van der Waals surface area (Å²) in [4.78, 5) is 4.54. The monoisotopic (exact) mass is 261 g/mol. The third-order valence-corrected chi connectivity index (χ3v) is 3.30. The second-order valence-corrected chi connectivity index (χ2v) is 5.41. The van der Waals surface area contributed by atoms with Crippen molar-refractivity contribution in [1.29, 1.82) is 0 Å². The molecule has 5 nitrogen and oxygen atoms in total. The molecule has 19 heavy (non-hydrogen) atoms. The molecule has 0 radical (unpaired) electrons. The van der Waals surface area contributed by atoms with Crippen molar-refractivity contribution >= 4 is 5.95 Å². The van der Waals surface area contributed by atoms with Gasteiger partial charge in [-0.15, -0.1) is 0 Å². The summed E-state index contributed by atoms with van der Waals surface area (Å²) in [5.41, 5.74) is 4.59. The van der Waals surface area contributed by atoms with E-state index in [-0.39, 0.29) is 0 Å². The Labute approximate surface area is 114 Å². The molecular weight excluding hydrogens is 238 g/mol. The van der Waals surface area contributed by atoms with E-state index < -0.39 is 0 Å². The summed E-state index contributed by atoms with van der Waals surface area (Å²) in [6, 6.07) is 0.372. The fourth-order valence-corrected chi connectivity index (χ4v) is 2.26. The first-order valence-electron chi connectivity index (χ1n) is 6.68. The molecule has 5 heteroatoms. The maximum absolute atomic E-state index is 4.54. The van der Waals surface area contributed by atoms with Crippen LogP contribution in [0.5, 0.6) is 0 Å². The Bertz CT molecular complexity index is 577. The number of hydrogen-bond donors (Lipinski definition) is 1. The minimum atomic E-state index is 0.372. The summed E-state index contributed by atoms with van der Waals surface area (Å²) in [5, 5.41) is 7.85. The molecule has 0 aromatic carbocycles. The van der Waals surface area contributed by atoms with Gasteiger partial charge >= 0.3 is 0 Å². The summed E-state index contributed by atoms with van der Waals surface area (Å²) in [7, 11) is 1.98. The van der Waals surface area contributed by atoms with Gasteiger partial charge in [0.05, 0.1) is 17.9 Å². The number of nitrogens with zero attached hydrogens (tertiary/aromatic N) is 4. The van der Waals surface area contributed by atoms with Gasteiger partial charge in [0.1, 0.15) is 0 Å². The summed E-state index contributed by atoms with van der Waals surface area (Å²) in [6.07, 6.45) is 2.08. The smallest absolute Gasteiger partial charge is 0.203 e. The summed E-state index contributed by atoms with van der Waals surface area (Å²) >= 11 is 0. The van der Waals surface area contributed by atoms with Crippen molar-refractivity contribution in [3.05, 3.63) is 28.8 Å². The lowest BCUT2D eigenvalue weighted by atomic mass is 10.2. The highest BCUT2D eigenvalue weighted by molar-refractivity contribution is 5.33. The van der Waals surface area contributed by atoms with Crippen LogP contribution < -0.4 is 5.32 Å². The number of hydrogen-bond acceptors (Lipinski definition) is 3. The largest absolute Gasteiger partial charge is 0.353 e. The van der Waals surface area contributed by atoms with Gasteiger partial charge in [-0.25, -0.2) is 4.98 Å². The minimum Gasteiger partial charge on any atom is -0.353 e. The van der Waals surface area contributed by atoms with Gasteiger partial charge in [-0.2, -0.15) is 5.10 Å². The molecule has 2 heterocycles. The van der Waals surface area contributed by atoms with Gasteiger partial charge in [0.15, 0.2) is 0 Å². The molecule has 0 amide bonds. The molecule has 0 aliphatic rings. The summed E-state index contributed by atoms with van der Waals surface area (Å²) in [6.45, 7) is 11.2. The number of nitrogens with one attached hydrogen (secondary N) is 1. The maximum Gasteiger partial charge on any atom is 0.203 e. The maximum atomic E-state index is 4.54.